The van der Waals surface area contributed by atoms with Gasteiger partial charge in [0.2, 0.25) is 0 Å². The minimum absolute atomic E-state index is 0.287. The van der Waals surface area contributed by atoms with Crippen LogP contribution >= 0.6 is 0 Å². The highest BCUT2D eigenvalue weighted by Crippen LogP contribution is 2.47. The molecule has 1 heteroatoms. The van der Waals surface area contributed by atoms with Gasteiger partial charge < -0.3 is 4.37 Å². The van der Waals surface area contributed by atoms with Crippen LogP contribution in [0.2, 0.25) is 0 Å². The second kappa shape index (κ2) is 2.63. The molecule has 1 aromatic rings. The summed E-state index contributed by atoms with van der Waals surface area (Å²) in [6.45, 7) is 9.26. The van der Waals surface area contributed by atoms with Gasteiger partial charge in [-0.3, -0.25) is 0 Å². The molecule has 1 aliphatic rings. The molecule has 0 bridgehead atoms. The van der Waals surface area contributed by atoms with E-state index in [1.54, 1.807) is 0 Å². The Hall–Kier alpha value is -1.24. The molecule has 1 fully saturated rings. The molecule has 1 nitrogen and oxygen atoms in total. The first-order chi connectivity index (χ1) is 6.13. The van der Waals surface area contributed by atoms with Gasteiger partial charge in [0, 0.05) is 26.0 Å². The van der Waals surface area contributed by atoms with Gasteiger partial charge in [0.05, 0.1) is 0 Å². The smallest absolute Gasteiger partial charge is 0.267 e. The van der Waals surface area contributed by atoms with Crippen molar-refractivity contribution < 1.29 is 4.37 Å². The van der Waals surface area contributed by atoms with Crippen LogP contribution < -0.4 is 0 Å². The molecular formula is C12H15O+. The Bertz CT molecular complexity index is 321. The molecule has 0 atom stereocenters. The molecule has 0 aromatic heterocycles. The van der Waals surface area contributed by atoms with Crippen molar-refractivity contribution >= 4 is 6.08 Å². The standard InChI is InChI=1S/C12H15O/c1-4-10-5-7-11(8-6-10)13-9-12(13,2)3/h4-8H,1,9H2,2-3H3/q+1. The summed E-state index contributed by atoms with van der Waals surface area (Å²) in [4.78, 5) is 0. The average Bonchev–Trinajstić information content (AvgIpc) is 2.76. The van der Waals surface area contributed by atoms with Crippen molar-refractivity contribution in [3.05, 3.63) is 36.4 Å². The summed E-state index contributed by atoms with van der Waals surface area (Å²) >= 11 is 0. The maximum Gasteiger partial charge on any atom is 0.267 e. The second-order valence-electron chi connectivity index (χ2n) is 4.07. The molecule has 1 aromatic carbocycles. The summed E-state index contributed by atoms with van der Waals surface area (Å²) < 4.78 is 3.19. The predicted octanol–water partition coefficient (Wildman–Crippen LogP) is 3.39. The third-order valence-corrected chi connectivity index (χ3v) is 2.47. The first kappa shape index (κ1) is 8.36. The highest BCUT2D eigenvalue weighted by molar-refractivity contribution is 5.48. The molecule has 0 spiro atoms. The van der Waals surface area contributed by atoms with Gasteiger partial charge in [-0.25, -0.2) is 0 Å². The Morgan fingerprint density at radius 2 is 1.85 bits per heavy atom. The van der Waals surface area contributed by atoms with Crippen molar-refractivity contribution in [2.75, 3.05) is 6.61 Å². The molecule has 0 N–H and O–H groups in total. The van der Waals surface area contributed by atoms with E-state index in [0.717, 1.165) is 6.61 Å². The number of epoxide rings is 1. The van der Waals surface area contributed by atoms with Crippen LogP contribution in [-0.4, -0.2) is 12.2 Å². The van der Waals surface area contributed by atoms with E-state index in [-0.39, 0.29) is 5.60 Å². The molecule has 1 heterocycles. The van der Waals surface area contributed by atoms with Crippen LogP contribution in [0, 0.1) is 0 Å². The fraction of sp³-hybridized carbons (Fsp3) is 0.333. The molecule has 0 unspecified atom stereocenters. The third kappa shape index (κ3) is 1.46. The van der Waals surface area contributed by atoms with Crippen molar-refractivity contribution in [3.8, 4) is 5.75 Å². The van der Waals surface area contributed by atoms with Crippen molar-refractivity contribution in [2.24, 2.45) is 0 Å². The quantitative estimate of drug-likeness (QED) is 0.478. The zero-order valence-corrected chi connectivity index (χ0v) is 8.21. The van der Waals surface area contributed by atoms with E-state index >= 15 is 0 Å². The molecule has 13 heavy (non-hydrogen) atoms. The fourth-order valence-electron chi connectivity index (χ4n) is 1.49. The largest absolute Gasteiger partial charge is 0.556 e. The number of rotatable bonds is 2. The van der Waals surface area contributed by atoms with Gasteiger partial charge >= 0.3 is 0 Å². The third-order valence-electron chi connectivity index (χ3n) is 2.47. The Balaban J connectivity index is 2.20. The van der Waals surface area contributed by atoms with Crippen LogP contribution in [-0.2, 0) is 4.37 Å². The SMILES string of the molecule is C=Cc1ccc([O+]2CC2(C)C)cc1. The lowest BCUT2D eigenvalue weighted by Crippen LogP contribution is -1.97. The van der Waals surface area contributed by atoms with Gasteiger partial charge in [-0.15, -0.1) is 0 Å². The first-order valence-corrected chi connectivity index (χ1v) is 4.57. The fourth-order valence-corrected chi connectivity index (χ4v) is 1.49. The van der Waals surface area contributed by atoms with Gasteiger partial charge in [-0.2, -0.15) is 0 Å². The van der Waals surface area contributed by atoms with Crippen LogP contribution in [0.15, 0.2) is 30.8 Å². The molecule has 0 aliphatic carbocycles. The Morgan fingerprint density at radius 1 is 1.31 bits per heavy atom. The Kier molecular flexibility index (Phi) is 1.69. The minimum Gasteiger partial charge on any atom is -0.556 e. The summed E-state index contributed by atoms with van der Waals surface area (Å²) in [5.74, 6) is 1.23. The van der Waals surface area contributed by atoms with Crippen molar-refractivity contribution in [3.63, 3.8) is 0 Å². The summed E-state index contributed by atoms with van der Waals surface area (Å²) in [6.07, 6.45) is 1.86. The molecule has 0 saturated carbocycles. The Labute approximate surface area is 79.4 Å². The summed E-state index contributed by atoms with van der Waals surface area (Å²) in [7, 11) is 0. The van der Waals surface area contributed by atoms with E-state index < -0.39 is 0 Å². The van der Waals surface area contributed by atoms with Gasteiger partial charge in [0.15, 0.2) is 0 Å². The molecule has 0 radical (unpaired) electrons. The van der Waals surface area contributed by atoms with Crippen LogP contribution in [0.5, 0.6) is 5.75 Å². The summed E-state index contributed by atoms with van der Waals surface area (Å²) in [6, 6.07) is 8.42. The molecule has 1 saturated heterocycles. The molecule has 0 amide bonds. The lowest BCUT2D eigenvalue weighted by Gasteiger charge is -2.05. The average molecular weight is 175 g/mol. The second-order valence-corrected chi connectivity index (χ2v) is 4.07. The van der Waals surface area contributed by atoms with Crippen LogP contribution in [0.25, 0.3) is 6.08 Å². The van der Waals surface area contributed by atoms with E-state index in [2.05, 4.69) is 49.1 Å². The van der Waals surface area contributed by atoms with Crippen molar-refractivity contribution in [1.82, 2.24) is 0 Å². The van der Waals surface area contributed by atoms with E-state index in [9.17, 15) is 0 Å². The van der Waals surface area contributed by atoms with Crippen LogP contribution in [0.3, 0.4) is 0 Å². The van der Waals surface area contributed by atoms with Gasteiger partial charge in [-0.05, 0) is 17.7 Å². The minimum atomic E-state index is 0.287. The lowest BCUT2D eigenvalue weighted by molar-refractivity contribution is 0.124. The number of benzene rings is 1. The maximum absolute atomic E-state index is 3.73. The van der Waals surface area contributed by atoms with Gasteiger partial charge in [-0.1, -0.05) is 12.7 Å². The van der Waals surface area contributed by atoms with E-state index in [1.165, 1.54) is 11.3 Å². The highest BCUT2D eigenvalue weighted by Gasteiger charge is 2.53. The molecule has 1 aliphatic heterocycles. The van der Waals surface area contributed by atoms with Crippen LogP contribution in [0.4, 0.5) is 0 Å². The molecule has 2 rings (SSSR count). The summed E-state index contributed by atoms with van der Waals surface area (Å²) in [5.41, 5.74) is 1.46. The monoisotopic (exact) mass is 175 g/mol. The number of hydrogen-bond donors (Lipinski definition) is 0. The highest BCUT2D eigenvalue weighted by atomic mass is 16.8. The van der Waals surface area contributed by atoms with Crippen molar-refractivity contribution in [1.29, 1.82) is 0 Å². The summed E-state index contributed by atoms with van der Waals surface area (Å²) in [5, 5.41) is 0. The molecular weight excluding hydrogens is 160 g/mol. The zero-order chi connectivity index (χ0) is 9.47. The van der Waals surface area contributed by atoms with E-state index in [0.29, 0.717) is 0 Å². The van der Waals surface area contributed by atoms with Gasteiger partial charge in [0.1, 0.15) is 0 Å². The molecule has 68 valence electrons. The normalized spacial score (nSPS) is 18.5. The van der Waals surface area contributed by atoms with Gasteiger partial charge in [0.25, 0.3) is 18.0 Å². The van der Waals surface area contributed by atoms with E-state index in [1.807, 2.05) is 6.08 Å². The van der Waals surface area contributed by atoms with E-state index in [4.69, 9.17) is 0 Å². The van der Waals surface area contributed by atoms with Crippen LogP contribution in [0.1, 0.15) is 19.4 Å². The zero-order valence-electron chi connectivity index (χ0n) is 8.21. The van der Waals surface area contributed by atoms with Crippen molar-refractivity contribution in [2.45, 2.75) is 19.4 Å². The lowest BCUT2D eigenvalue weighted by atomic mass is 10.2. The maximum atomic E-state index is 3.73. The number of hydrogen-bond acceptors (Lipinski definition) is 0. The topological polar surface area (TPSA) is 2.70 Å². The predicted molar refractivity (Wildman–Crippen MR) is 56.0 cm³/mol. The Morgan fingerprint density at radius 3 is 2.23 bits per heavy atom. The first-order valence-electron chi connectivity index (χ1n) is 4.57.